The lowest BCUT2D eigenvalue weighted by Crippen LogP contribution is -2.38. The molecule has 0 aromatic heterocycles. The van der Waals surface area contributed by atoms with E-state index in [2.05, 4.69) is 10.6 Å². The molecule has 0 saturated heterocycles. The van der Waals surface area contributed by atoms with E-state index in [1.807, 2.05) is 0 Å². The fourth-order valence-electron chi connectivity index (χ4n) is 2.93. The topological polar surface area (TPSA) is 78.4 Å². The van der Waals surface area contributed by atoms with Crippen molar-refractivity contribution < 1.29 is 14.7 Å². The van der Waals surface area contributed by atoms with Gasteiger partial charge in [0.05, 0.1) is 12.2 Å². The van der Waals surface area contributed by atoms with Crippen LogP contribution in [0.15, 0.2) is 0 Å². The van der Waals surface area contributed by atoms with Gasteiger partial charge in [0.25, 0.3) is 0 Å². The van der Waals surface area contributed by atoms with E-state index in [9.17, 15) is 9.59 Å². The molecular weight excluding hydrogens is 288 g/mol. The van der Waals surface area contributed by atoms with Crippen LogP contribution in [0.5, 0.6) is 0 Å². The van der Waals surface area contributed by atoms with Crippen LogP contribution >= 0.6 is 11.8 Å². The summed E-state index contributed by atoms with van der Waals surface area (Å²) >= 11 is 1.64. The zero-order valence-electron chi connectivity index (χ0n) is 13.0. The second-order valence-corrected chi connectivity index (χ2v) is 6.99. The zero-order valence-corrected chi connectivity index (χ0v) is 13.8. The Labute approximate surface area is 131 Å². The maximum absolute atomic E-state index is 11.1. The maximum Gasteiger partial charge on any atom is 0.303 e. The second-order valence-electron chi connectivity index (χ2n) is 5.89. The third-order valence-corrected chi connectivity index (χ3v) is 5.14. The fraction of sp³-hybridized carbons (Fsp3) is 0.867. The molecule has 1 aliphatic carbocycles. The van der Waals surface area contributed by atoms with Gasteiger partial charge in [0.2, 0.25) is 5.91 Å². The highest BCUT2D eigenvalue weighted by Gasteiger charge is 2.33. The highest BCUT2D eigenvalue weighted by atomic mass is 32.2. The zero-order chi connectivity index (χ0) is 15.6. The fourth-order valence-corrected chi connectivity index (χ4v) is 3.75. The van der Waals surface area contributed by atoms with Crippen molar-refractivity contribution in [3.8, 4) is 0 Å². The Balaban J connectivity index is 2.16. The van der Waals surface area contributed by atoms with Crippen LogP contribution in [0.25, 0.3) is 0 Å². The third-order valence-electron chi connectivity index (χ3n) is 4.09. The summed E-state index contributed by atoms with van der Waals surface area (Å²) in [7, 11) is 1.65. The van der Waals surface area contributed by atoms with Gasteiger partial charge < -0.3 is 15.7 Å². The van der Waals surface area contributed by atoms with E-state index in [1.54, 1.807) is 18.8 Å². The van der Waals surface area contributed by atoms with E-state index in [0.29, 0.717) is 5.75 Å². The van der Waals surface area contributed by atoms with Crippen LogP contribution in [0.2, 0.25) is 0 Å². The number of hydrogen-bond acceptors (Lipinski definition) is 4. The Morgan fingerprint density at radius 2 is 1.95 bits per heavy atom. The van der Waals surface area contributed by atoms with Crippen molar-refractivity contribution in [3.05, 3.63) is 0 Å². The van der Waals surface area contributed by atoms with E-state index in [-0.39, 0.29) is 17.7 Å². The van der Waals surface area contributed by atoms with Crippen LogP contribution in [-0.2, 0) is 9.59 Å². The molecule has 5 nitrogen and oxygen atoms in total. The molecule has 0 aromatic rings. The molecule has 0 radical (unpaired) electrons. The van der Waals surface area contributed by atoms with Crippen LogP contribution in [0.3, 0.4) is 0 Å². The van der Waals surface area contributed by atoms with Crippen molar-refractivity contribution in [2.24, 2.45) is 5.41 Å². The van der Waals surface area contributed by atoms with E-state index in [1.165, 1.54) is 6.42 Å². The van der Waals surface area contributed by atoms with Crippen molar-refractivity contribution in [2.75, 3.05) is 31.6 Å². The van der Waals surface area contributed by atoms with E-state index < -0.39 is 5.97 Å². The molecule has 122 valence electrons. The first-order chi connectivity index (χ1) is 10.1. The first kappa shape index (κ1) is 18.3. The first-order valence-corrected chi connectivity index (χ1v) is 8.94. The lowest BCUT2D eigenvalue weighted by Gasteiger charge is -2.36. The molecule has 21 heavy (non-hydrogen) atoms. The predicted molar refractivity (Wildman–Crippen MR) is 86.6 cm³/mol. The molecule has 1 aliphatic rings. The molecule has 0 atom stereocenters. The van der Waals surface area contributed by atoms with Crippen molar-refractivity contribution >= 4 is 23.6 Å². The Bertz CT molecular complexity index is 331. The van der Waals surface area contributed by atoms with Gasteiger partial charge in [-0.15, -0.1) is 0 Å². The molecule has 1 saturated carbocycles. The third kappa shape index (κ3) is 7.71. The molecule has 0 bridgehead atoms. The van der Waals surface area contributed by atoms with Gasteiger partial charge in [-0.2, -0.15) is 11.8 Å². The van der Waals surface area contributed by atoms with Gasteiger partial charge in [0, 0.05) is 13.6 Å². The Morgan fingerprint density at radius 1 is 1.24 bits per heavy atom. The summed E-state index contributed by atoms with van der Waals surface area (Å²) in [6.07, 6.45) is 6.87. The van der Waals surface area contributed by atoms with E-state index in [4.69, 9.17) is 5.11 Å². The van der Waals surface area contributed by atoms with Crippen molar-refractivity contribution in [1.29, 1.82) is 0 Å². The average Bonchev–Trinajstić information content (AvgIpc) is 2.46. The number of hydrogen-bond donors (Lipinski definition) is 3. The SMILES string of the molecule is CNC(=O)CSCCCNCC1(CC(=O)O)CCCCC1. The van der Waals surface area contributed by atoms with E-state index in [0.717, 1.165) is 50.9 Å². The molecule has 0 spiro atoms. The number of rotatable bonds is 10. The molecule has 0 aliphatic heterocycles. The molecule has 0 aromatic carbocycles. The molecule has 0 heterocycles. The summed E-state index contributed by atoms with van der Waals surface area (Å²) in [5.41, 5.74) is -0.0423. The second kappa shape index (κ2) is 10.1. The van der Waals surface area contributed by atoms with E-state index >= 15 is 0 Å². The molecular formula is C15H28N2O3S. The standard InChI is InChI=1S/C15H28N2O3S/c1-16-13(18)11-21-9-5-8-17-12-15(10-14(19)20)6-3-2-4-7-15/h17H,2-12H2,1H3,(H,16,18)(H,19,20). The van der Waals surface area contributed by atoms with Gasteiger partial charge in [0.1, 0.15) is 0 Å². The Morgan fingerprint density at radius 3 is 2.57 bits per heavy atom. The largest absolute Gasteiger partial charge is 0.481 e. The molecule has 1 amide bonds. The van der Waals surface area contributed by atoms with Crippen LogP contribution in [0.1, 0.15) is 44.9 Å². The molecule has 3 N–H and O–H groups in total. The molecule has 0 unspecified atom stereocenters. The highest BCUT2D eigenvalue weighted by Crippen LogP contribution is 2.38. The number of amides is 1. The summed E-state index contributed by atoms with van der Waals surface area (Å²) in [5.74, 6) is 0.849. The number of aliphatic carboxylic acids is 1. The number of thioether (sulfide) groups is 1. The van der Waals surface area contributed by atoms with Crippen molar-refractivity contribution in [1.82, 2.24) is 10.6 Å². The predicted octanol–water partition coefficient (Wildman–Crippen LogP) is 1.87. The number of carbonyl (C=O) groups excluding carboxylic acids is 1. The van der Waals surface area contributed by atoms with Gasteiger partial charge in [-0.1, -0.05) is 19.3 Å². The number of carbonyl (C=O) groups is 2. The van der Waals surface area contributed by atoms with Crippen LogP contribution in [-0.4, -0.2) is 48.6 Å². The summed E-state index contributed by atoms with van der Waals surface area (Å²) in [4.78, 5) is 22.1. The monoisotopic (exact) mass is 316 g/mol. The number of carboxylic acid groups (broad SMARTS) is 1. The Kier molecular flexibility index (Phi) is 8.76. The molecule has 1 rings (SSSR count). The normalized spacial score (nSPS) is 17.4. The lowest BCUT2D eigenvalue weighted by molar-refractivity contribution is -0.140. The quantitative estimate of drug-likeness (QED) is 0.536. The van der Waals surface area contributed by atoms with Crippen LogP contribution < -0.4 is 10.6 Å². The molecule has 1 fully saturated rings. The summed E-state index contributed by atoms with van der Waals surface area (Å²) in [6, 6.07) is 0. The minimum absolute atomic E-state index is 0.0423. The maximum atomic E-state index is 11.1. The first-order valence-electron chi connectivity index (χ1n) is 7.79. The van der Waals surface area contributed by atoms with Crippen LogP contribution in [0.4, 0.5) is 0 Å². The Hall–Kier alpha value is -0.750. The lowest BCUT2D eigenvalue weighted by atomic mass is 9.71. The average molecular weight is 316 g/mol. The van der Waals surface area contributed by atoms with Gasteiger partial charge in [0.15, 0.2) is 0 Å². The highest BCUT2D eigenvalue weighted by molar-refractivity contribution is 7.99. The summed E-state index contributed by atoms with van der Waals surface area (Å²) < 4.78 is 0. The van der Waals surface area contributed by atoms with Gasteiger partial charge in [-0.25, -0.2) is 0 Å². The van der Waals surface area contributed by atoms with Crippen molar-refractivity contribution in [2.45, 2.75) is 44.9 Å². The van der Waals surface area contributed by atoms with Gasteiger partial charge >= 0.3 is 5.97 Å². The molecule has 6 heteroatoms. The van der Waals surface area contributed by atoms with Crippen LogP contribution in [0, 0.1) is 5.41 Å². The minimum atomic E-state index is -0.681. The van der Waals surface area contributed by atoms with Crippen molar-refractivity contribution in [3.63, 3.8) is 0 Å². The number of carboxylic acids is 1. The summed E-state index contributed by atoms with van der Waals surface area (Å²) in [6.45, 7) is 1.70. The smallest absolute Gasteiger partial charge is 0.303 e. The number of nitrogens with one attached hydrogen (secondary N) is 2. The van der Waals surface area contributed by atoms with Gasteiger partial charge in [-0.05, 0) is 37.0 Å². The minimum Gasteiger partial charge on any atom is -0.481 e. The van der Waals surface area contributed by atoms with Gasteiger partial charge in [-0.3, -0.25) is 9.59 Å². The summed E-state index contributed by atoms with van der Waals surface area (Å²) in [5, 5.41) is 15.1.